The van der Waals surface area contributed by atoms with E-state index in [1.807, 2.05) is 54.6 Å². The van der Waals surface area contributed by atoms with Gasteiger partial charge in [0.2, 0.25) is 0 Å². The van der Waals surface area contributed by atoms with Crippen molar-refractivity contribution in [1.82, 2.24) is 5.06 Å². The molecular weight excluding hydrogens is 422 g/mol. The van der Waals surface area contributed by atoms with Crippen LogP contribution in [0.2, 0.25) is 0 Å². The maximum Gasteiger partial charge on any atom is 0.528 e. The molecule has 1 N–H and O–H groups in total. The Balaban J connectivity index is 1.41. The lowest BCUT2D eigenvalue weighted by Crippen LogP contribution is -2.44. The summed E-state index contributed by atoms with van der Waals surface area (Å²) in [4.78, 5) is 17.0. The van der Waals surface area contributed by atoms with Crippen molar-refractivity contribution < 1.29 is 28.9 Å². The molecule has 2 aromatic rings. The third-order valence-electron chi connectivity index (χ3n) is 4.94. The van der Waals surface area contributed by atoms with Gasteiger partial charge in [-0.15, -0.1) is 5.06 Å². The lowest BCUT2D eigenvalue weighted by atomic mass is 9.88. The van der Waals surface area contributed by atoms with E-state index < -0.39 is 17.9 Å². The molecular formula is C26H31NO6. The Morgan fingerprint density at radius 1 is 1.00 bits per heavy atom. The summed E-state index contributed by atoms with van der Waals surface area (Å²) in [6, 6.07) is 17.2. The predicted molar refractivity (Wildman–Crippen MR) is 124 cm³/mol. The molecule has 0 saturated carbocycles. The van der Waals surface area contributed by atoms with E-state index in [9.17, 15) is 9.90 Å². The first-order valence-corrected chi connectivity index (χ1v) is 11.0. The SMILES string of the molecule is CC(C)(C)OC(=O)ON1CCC(c2ccc(OCC#CCOc3ccccc3)cc2)C(O)C1. The van der Waals surface area contributed by atoms with Crippen LogP contribution in [-0.4, -0.2) is 54.3 Å². The first-order chi connectivity index (χ1) is 15.8. The summed E-state index contributed by atoms with van der Waals surface area (Å²) in [6.45, 7) is 6.63. The largest absolute Gasteiger partial charge is 0.528 e. The molecule has 7 nitrogen and oxygen atoms in total. The van der Waals surface area contributed by atoms with Crippen LogP contribution < -0.4 is 9.47 Å². The maximum atomic E-state index is 11.8. The second kappa shape index (κ2) is 11.6. The van der Waals surface area contributed by atoms with Gasteiger partial charge in [-0.05, 0) is 57.0 Å². The fourth-order valence-corrected chi connectivity index (χ4v) is 3.42. The summed E-state index contributed by atoms with van der Waals surface area (Å²) in [6.07, 6.45) is -0.773. The van der Waals surface area contributed by atoms with Crippen molar-refractivity contribution in [1.29, 1.82) is 0 Å². The summed E-state index contributed by atoms with van der Waals surface area (Å²) in [7, 11) is 0. The summed E-state index contributed by atoms with van der Waals surface area (Å²) >= 11 is 0. The highest BCUT2D eigenvalue weighted by Crippen LogP contribution is 2.30. The van der Waals surface area contributed by atoms with E-state index in [2.05, 4.69) is 11.8 Å². The average Bonchev–Trinajstić information content (AvgIpc) is 2.76. The number of hydrogen-bond donors (Lipinski definition) is 1. The highest BCUT2D eigenvalue weighted by atomic mass is 16.8. The lowest BCUT2D eigenvalue weighted by molar-refractivity contribution is -0.170. The smallest absolute Gasteiger partial charge is 0.481 e. The first kappa shape index (κ1) is 24.4. The van der Waals surface area contributed by atoms with Crippen molar-refractivity contribution in [2.45, 2.75) is 44.8 Å². The van der Waals surface area contributed by atoms with Gasteiger partial charge < -0.3 is 24.2 Å². The zero-order valence-electron chi connectivity index (χ0n) is 19.3. The number of aliphatic hydroxyl groups is 1. The lowest BCUT2D eigenvalue weighted by Gasteiger charge is -2.34. The molecule has 0 aromatic heterocycles. The number of rotatable bonds is 6. The monoisotopic (exact) mass is 453 g/mol. The molecule has 7 heteroatoms. The van der Waals surface area contributed by atoms with Crippen LogP contribution in [0.5, 0.6) is 11.5 Å². The van der Waals surface area contributed by atoms with Gasteiger partial charge in [-0.3, -0.25) is 0 Å². The number of nitrogens with zero attached hydrogens (tertiary/aromatic N) is 1. The van der Waals surface area contributed by atoms with Gasteiger partial charge in [-0.25, -0.2) is 4.79 Å². The van der Waals surface area contributed by atoms with Gasteiger partial charge in [0.1, 0.15) is 30.3 Å². The van der Waals surface area contributed by atoms with Crippen LogP contribution in [0.15, 0.2) is 54.6 Å². The summed E-state index contributed by atoms with van der Waals surface area (Å²) in [5, 5.41) is 12.0. The molecule has 1 heterocycles. The molecule has 3 rings (SSSR count). The molecule has 0 aliphatic carbocycles. The fraction of sp³-hybridized carbons (Fsp3) is 0.423. The van der Waals surface area contributed by atoms with Crippen LogP contribution in [0.3, 0.4) is 0 Å². The van der Waals surface area contributed by atoms with Gasteiger partial charge in [0.05, 0.1) is 12.6 Å². The number of benzene rings is 2. The summed E-state index contributed by atoms with van der Waals surface area (Å²) in [5.41, 5.74) is 0.383. The van der Waals surface area contributed by atoms with Crippen LogP contribution in [-0.2, 0) is 9.57 Å². The number of hydroxylamine groups is 2. The molecule has 0 spiro atoms. The van der Waals surface area contributed by atoms with Crippen molar-refractivity contribution in [2.75, 3.05) is 26.3 Å². The molecule has 2 aromatic carbocycles. The molecule has 1 saturated heterocycles. The van der Waals surface area contributed by atoms with E-state index in [0.29, 0.717) is 25.3 Å². The Morgan fingerprint density at radius 2 is 1.61 bits per heavy atom. The molecule has 33 heavy (non-hydrogen) atoms. The number of hydrogen-bond acceptors (Lipinski definition) is 7. The number of carbonyl (C=O) groups excluding carboxylic acids is 1. The minimum Gasteiger partial charge on any atom is -0.481 e. The number of para-hydroxylation sites is 1. The van der Waals surface area contributed by atoms with Crippen molar-refractivity contribution >= 4 is 6.16 Å². The van der Waals surface area contributed by atoms with Crippen LogP contribution in [0, 0.1) is 11.8 Å². The zero-order chi connectivity index (χ0) is 23.7. The second-order valence-corrected chi connectivity index (χ2v) is 8.72. The number of β-amino-alcohol motifs (C(OH)–C–C–N with tert-alkyl or cyclic N) is 1. The zero-order valence-corrected chi connectivity index (χ0v) is 19.3. The minimum atomic E-state index is -0.760. The highest BCUT2D eigenvalue weighted by molar-refractivity contribution is 5.60. The Bertz CT molecular complexity index is 943. The van der Waals surface area contributed by atoms with Gasteiger partial charge in [-0.2, -0.15) is 0 Å². The van der Waals surface area contributed by atoms with Crippen LogP contribution in [0.25, 0.3) is 0 Å². The molecule has 2 atom stereocenters. The normalized spacial score (nSPS) is 18.5. The third-order valence-corrected chi connectivity index (χ3v) is 4.94. The topological polar surface area (TPSA) is 77.5 Å². The summed E-state index contributed by atoms with van der Waals surface area (Å²) in [5.74, 6) is 7.29. The van der Waals surface area contributed by atoms with Crippen molar-refractivity contribution in [2.24, 2.45) is 0 Å². The van der Waals surface area contributed by atoms with Crippen LogP contribution in [0.1, 0.15) is 38.7 Å². The molecule has 1 aliphatic rings. The molecule has 0 bridgehead atoms. The van der Waals surface area contributed by atoms with E-state index in [4.69, 9.17) is 19.0 Å². The molecule has 1 fully saturated rings. The van der Waals surface area contributed by atoms with Gasteiger partial charge >= 0.3 is 6.16 Å². The van der Waals surface area contributed by atoms with Crippen molar-refractivity contribution in [3.63, 3.8) is 0 Å². The third kappa shape index (κ3) is 8.33. The van der Waals surface area contributed by atoms with E-state index in [1.165, 1.54) is 5.06 Å². The minimum absolute atomic E-state index is 0.0486. The standard InChI is InChI=1S/C26H31NO6/c1-26(2,3)32-25(29)33-27-16-15-23(24(28)19-27)20-11-13-22(14-12-20)31-18-8-7-17-30-21-9-5-4-6-10-21/h4-6,9-14,23-24,28H,15-19H2,1-3H3. The van der Waals surface area contributed by atoms with Gasteiger partial charge in [-0.1, -0.05) is 42.2 Å². The van der Waals surface area contributed by atoms with E-state index in [1.54, 1.807) is 20.8 Å². The Morgan fingerprint density at radius 3 is 2.18 bits per heavy atom. The summed E-state index contributed by atoms with van der Waals surface area (Å²) < 4.78 is 16.3. The Labute approximate surface area is 195 Å². The molecule has 1 aliphatic heterocycles. The average molecular weight is 454 g/mol. The van der Waals surface area contributed by atoms with Crippen LogP contribution in [0.4, 0.5) is 4.79 Å². The molecule has 2 unspecified atom stereocenters. The van der Waals surface area contributed by atoms with E-state index in [0.717, 1.165) is 11.3 Å². The Hall–Kier alpha value is -3.21. The van der Waals surface area contributed by atoms with Gasteiger partial charge in [0.25, 0.3) is 0 Å². The number of aliphatic hydroxyl groups excluding tert-OH is 1. The number of ether oxygens (including phenoxy) is 3. The highest BCUT2D eigenvalue weighted by Gasteiger charge is 2.32. The van der Waals surface area contributed by atoms with Gasteiger partial charge in [0, 0.05) is 12.5 Å². The molecule has 0 amide bonds. The molecule has 0 radical (unpaired) electrons. The van der Waals surface area contributed by atoms with Crippen molar-refractivity contribution in [3.8, 4) is 23.3 Å². The molecule has 176 valence electrons. The quantitative estimate of drug-likeness (QED) is 0.520. The first-order valence-electron chi connectivity index (χ1n) is 11.0. The maximum absolute atomic E-state index is 11.8. The second-order valence-electron chi connectivity index (χ2n) is 8.72. The fourth-order valence-electron chi connectivity index (χ4n) is 3.42. The number of carbonyl (C=O) groups is 1. The predicted octanol–water partition coefficient (Wildman–Crippen LogP) is 4.16. The number of piperidine rings is 1. The van der Waals surface area contributed by atoms with E-state index in [-0.39, 0.29) is 19.1 Å². The Kier molecular flexibility index (Phi) is 8.58. The van der Waals surface area contributed by atoms with Crippen molar-refractivity contribution in [3.05, 3.63) is 60.2 Å². The van der Waals surface area contributed by atoms with Gasteiger partial charge in [0.15, 0.2) is 0 Å². The van der Waals surface area contributed by atoms with E-state index >= 15 is 0 Å². The van der Waals surface area contributed by atoms with Crippen LogP contribution >= 0.6 is 0 Å².